The van der Waals surface area contributed by atoms with E-state index in [-0.39, 0.29) is 11.9 Å². The summed E-state index contributed by atoms with van der Waals surface area (Å²) in [4.78, 5) is 18.1. The molecule has 0 bridgehead atoms. The number of fused-ring (bicyclic) bond motifs is 1. The Labute approximate surface area is 163 Å². The molecule has 1 atom stereocenters. The van der Waals surface area contributed by atoms with Crippen molar-refractivity contribution in [3.8, 4) is 0 Å². The minimum Gasteiger partial charge on any atom is -0.344 e. The van der Waals surface area contributed by atoms with Crippen LogP contribution in [-0.2, 0) is 6.42 Å². The molecule has 5 heteroatoms. The Morgan fingerprint density at radius 1 is 1.15 bits per heavy atom. The normalized spacial score (nSPS) is 15.4. The van der Waals surface area contributed by atoms with Crippen LogP contribution in [0.2, 0.25) is 0 Å². The zero-order valence-corrected chi connectivity index (χ0v) is 16.6. The second kappa shape index (κ2) is 7.16. The molecule has 0 radical (unpaired) electrons. The fraction of sp³-hybridized carbons (Fsp3) is 0.273. The van der Waals surface area contributed by atoms with Crippen molar-refractivity contribution in [3.63, 3.8) is 0 Å². The highest BCUT2D eigenvalue weighted by atomic mass is 32.1. The summed E-state index contributed by atoms with van der Waals surface area (Å²) in [5.74, 6) is -0.0413. The summed E-state index contributed by atoms with van der Waals surface area (Å²) >= 11 is 1.41. The van der Waals surface area contributed by atoms with Crippen LogP contribution in [0.1, 0.15) is 50.1 Å². The monoisotopic (exact) mass is 377 g/mol. The first-order valence-corrected chi connectivity index (χ1v) is 10.0. The Morgan fingerprint density at radius 2 is 1.96 bits per heavy atom. The molecule has 1 amide bonds. The van der Waals surface area contributed by atoms with E-state index in [4.69, 9.17) is 0 Å². The van der Waals surface area contributed by atoms with Gasteiger partial charge in [0.1, 0.15) is 4.88 Å². The molecule has 1 heterocycles. The molecule has 0 fully saturated rings. The first-order chi connectivity index (χ1) is 13.0. The summed E-state index contributed by atoms with van der Waals surface area (Å²) in [5, 5.41) is 7.29. The SMILES string of the molecule is Cc1ccc(Nc2nc(C)c(C(=O)N[C@H]3CCc4ccccc43)s2)c(C)c1. The van der Waals surface area contributed by atoms with Crippen molar-refractivity contribution < 1.29 is 4.79 Å². The highest BCUT2D eigenvalue weighted by molar-refractivity contribution is 7.17. The summed E-state index contributed by atoms with van der Waals surface area (Å²) in [5.41, 5.74) is 6.74. The number of thiazole rings is 1. The molecule has 0 aliphatic heterocycles. The first-order valence-electron chi connectivity index (χ1n) is 9.21. The van der Waals surface area contributed by atoms with Crippen LogP contribution in [0, 0.1) is 20.8 Å². The highest BCUT2D eigenvalue weighted by Crippen LogP contribution is 2.32. The minimum absolute atomic E-state index is 0.0413. The van der Waals surface area contributed by atoms with E-state index in [9.17, 15) is 4.79 Å². The van der Waals surface area contributed by atoms with Crippen LogP contribution in [0.25, 0.3) is 0 Å². The number of hydrogen-bond acceptors (Lipinski definition) is 4. The van der Waals surface area contributed by atoms with Gasteiger partial charge < -0.3 is 10.6 Å². The average molecular weight is 378 g/mol. The minimum atomic E-state index is -0.0413. The average Bonchev–Trinajstić information content (AvgIpc) is 3.21. The molecule has 4 rings (SSSR count). The predicted molar refractivity (Wildman–Crippen MR) is 111 cm³/mol. The summed E-state index contributed by atoms with van der Waals surface area (Å²) in [6.07, 6.45) is 1.97. The lowest BCUT2D eigenvalue weighted by Gasteiger charge is -2.13. The molecule has 1 aromatic heterocycles. The molecule has 138 valence electrons. The molecule has 0 unspecified atom stereocenters. The van der Waals surface area contributed by atoms with Crippen molar-refractivity contribution in [2.75, 3.05) is 5.32 Å². The van der Waals surface area contributed by atoms with Gasteiger partial charge in [-0.25, -0.2) is 4.98 Å². The molecular formula is C22H23N3OS. The van der Waals surface area contributed by atoms with Crippen molar-refractivity contribution in [2.45, 2.75) is 39.7 Å². The number of carbonyl (C=O) groups excluding carboxylic acids is 1. The summed E-state index contributed by atoms with van der Waals surface area (Å²) < 4.78 is 0. The van der Waals surface area contributed by atoms with Gasteiger partial charge in [0.25, 0.3) is 5.91 Å². The van der Waals surface area contributed by atoms with Crippen molar-refractivity contribution in [3.05, 3.63) is 75.3 Å². The lowest BCUT2D eigenvalue weighted by atomic mass is 10.1. The third kappa shape index (κ3) is 3.60. The number of carbonyl (C=O) groups is 1. The smallest absolute Gasteiger partial charge is 0.263 e. The maximum absolute atomic E-state index is 12.8. The number of aryl methyl sites for hydroxylation is 4. The van der Waals surface area contributed by atoms with Gasteiger partial charge in [0.05, 0.1) is 11.7 Å². The van der Waals surface area contributed by atoms with Gasteiger partial charge in [-0.2, -0.15) is 0 Å². The Bertz CT molecular complexity index is 1010. The van der Waals surface area contributed by atoms with Gasteiger partial charge in [-0.15, -0.1) is 0 Å². The molecule has 27 heavy (non-hydrogen) atoms. The Morgan fingerprint density at radius 3 is 2.78 bits per heavy atom. The van der Waals surface area contributed by atoms with E-state index in [1.54, 1.807) is 0 Å². The largest absolute Gasteiger partial charge is 0.344 e. The van der Waals surface area contributed by atoms with Crippen molar-refractivity contribution >= 4 is 28.1 Å². The lowest BCUT2D eigenvalue weighted by Crippen LogP contribution is -2.26. The van der Waals surface area contributed by atoms with Gasteiger partial charge in [-0.1, -0.05) is 53.3 Å². The van der Waals surface area contributed by atoms with E-state index in [2.05, 4.69) is 65.9 Å². The molecule has 4 nitrogen and oxygen atoms in total. The third-order valence-corrected chi connectivity index (χ3v) is 6.14. The molecule has 2 N–H and O–H groups in total. The fourth-order valence-corrected chi connectivity index (χ4v) is 4.54. The Hall–Kier alpha value is -2.66. The number of rotatable bonds is 4. The van der Waals surface area contributed by atoms with Gasteiger partial charge in [0.2, 0.25) is 0 Å². The number of aromatic nitrogens is 1. The number of hydrogen-bond donors (Lipinski definition) is 2. The van der Waals surface area contributed by atoms with Gasteiger partial charge >= 0.3 is 0 Å². The quantitative estimate of drug-likeness (QED) is 0.655. The number of anilines is 2. The van der Waals surface area contributed by atoms with Gasteiger partial charge in [0, 0.05) is 5.69 Å². The summed E-state index contributed by atoms with van der Waals surface area (Å²) in [6.45, 7) is 6.04. The molecule has 0 saturated carbocycles. The van der Waals surface area contributed by atoms with Gasteiger partial charge in [-0.05, 0) is 56.4 Å². The van der Waals surface area contributed by atoms with Crippen molar-refractivity contribution in [2.24, 2.45) is 0 Å². The van der Waals surface area contributed by atoms with Crippen molar-refractivity contribution in [1.82, 2.24) is 10.3 Å². The number of amides is 1. The van der Waals surface area contributed by atoms with Crippen LogP contribution in [0.5, 0.6) is 0 Å². The molecular weight excluding hydrogens is 354 g/mol. The van der Waals surface area contributed by atoms with Crippen LogP contribution < -0.4 is 10.6 Å². The second-order valence-electron chi connectivity index (χ2n) is 7.14. The topological polar surface area (TPSA) is 54.0 Å². The molecule has 0 saturated heterocycles. The third-order valence-electron chi connectivity index (χ3n) is 5.06. The van der Waals surface area contributed by atoms with Gasteiger partial charge in [-0.3, -0.25) is 4.79 Å². The summed E-state index contributed by atoms with van der Waals surface area (Å²) in [7, 11) is 0. The highest BCUT2D eigenvalue weighted by Gasteiger charge is 2.25. The first kappa shape index (κ1) is 17.7. The van der Waals surface area contributed by atoms with Crippen LogP contribution in [-0.4, -0.2) is 10.9 Å². The lowest BCUT2D eigenvalue weighted by molar-refractivity contribution is 0.0940. The maximum Gasteiger partial charge on any atom is 0.263 e. The molecule has 0 spiro atoms. The molecule has 3 aromatic rings. The summed E-state index contributed by atoms with van der Waals surface area (Å²) in [6, 6.07) is 14.7. The predicted octanol–water partition coefficient (Wildman–Crippen LogP) is 5.23. The number of nitrogens with zero attached hydrogens (tertiary/aromatic N) is 1. The number of nitrogens with one attached hydrogen (secondary N) is 2. The zero-order chi connectivity index (χ0) is 19.0. The van der Waals surface area contributed by atoms with E-state index in [1.165, 1.54) is 28.0 Å². The van der Waals surface area contributed by atoms with E-state index in [0.29, 0.717) is 4.88 Å². The van der Waals surface area contributed by atoms with E-state index in [0.717, 1.165) is 34.9 Å². The van der Waals surface area contributed by atoms with Crippen LogP contribution in [0.3, 0.4) is 0 Å². The fourth-order valence-electron chi connectivity index (χ4n) is 3.66. The molecule has 1 aliphatic carbocycles. The van der Waals surface area contributed by atoms with Crippen LogP contribution in [0.15, 0.2) is 42.5 Å². The van der Waals surface area contributed by atoms with E-state index in [1.807, 2.05) is 13.0 Å². The van der Waals surface area contributed by atoms with Gasteiger partial charge in [0.15, 0.2) is 5.13 Å². The second-order valence-corrected chi connectivity index (χ2v) is 8.14. The Kier molecular flexibility index (Phi) is 4.70. The standard InChI is InChI=1S/C22H23N3OS/c1-13-8-10-18(14(2)12-13)25-22-23-15(3)20(27-22)21(26)24-19-11-9-16-6-4-5-7-17(16)19/h4-8,10,12,19H,9,11H2,1-3H3,(H,23,25)(H,24,26)/t19-/m0/s1. The van der Waals surface area contributed by atoms with E-state index < -0.39 is 0 Å². The Balaban J connectivity index is 1.50. The zero-order valence-electron chi connectivity index (χ0n) is 15.8. The van der Waals surface area contributed by atoms with E-state index >= 15 is 0 Å². The maximum atomic E-state index is 12.8. The molecule has 2 aromatic carbocycles. The molecule has 1 aliphatic rings. The van der Waals surface area contributed by atoms with Crippen LogP contribution >= 0.6 is 11.3 Å². The number of benzene rings is 2. The van der Waals surface area contributed by atoms with Crippen molar-refractivity contribution in [1.29, 1.82) is 0 Å². The van der Waals surface area contributed by atoms with Crippen LogP contribution in [0.4, 0.5) is 10.8 Å².